The van der Waals surface area contributed by atoms with E-state index in [1.165, 1.54) is 0 Å². The lowest BCUT2D eigenvalue weighted by molar-refractivity contribution is -0.119. The third kappa shape index (κ3) is 4.20. The van der Waals surface area contributed by atoms with E-state index in [1.807, 2.05) is 0 Å². The molecule has 0 aliphatic carbocycles. The molecule has 2 amide bonds. The van der Waals surface area contributed by atoms with Crippen molar-refractivity contribution in [2.45, 2.75) is 19.9 Å². The molecule has 0 aliphatic rings. The first-order chi connectivity index (χ1) is 9.47. The van der Waals surface area contributed by atoms with E-state index in [0.717, 1.165) is 0 Å². The molecule has 0 aromatic heterocycles. The van der Waals surface area contributed by atoms with Crippen LogP contribution >= 0.6 is 0 Å². The lowest BCUT2D eigenvalue weighted by Crippen LogP contribution is -2.35. The normalized spacial score (nSPS) is 13.2. The van der Waals surface area contributed by atoms with Crippen LogP contribution in [0, 0.1) is 5.92 Å². The smallest absolute Gasteiger partial charge is 0.253 e. The molecule has 108 valence electrons. The van der Waals surface area contributed by atoms with Crippen molar-refractivity contribution in [2.24, 2.45) is 11.7 Å². The summed E-state index contributed by atoms with van der Waals surface area (Å²) in [5.74, 6) is -0.794. The number of hydrogen-bond donors (Lipinski definition) is 3. The average Bonchev–Trinajstić information content (AvgIpc) is 2.44. The van der Waals surface area contributed by atoms with E-state index in [0.29, 0.717) is 17.8 Å². The fourth-order valence-electron chi connectivity index (χ4n) is 1.54. The minimum atomic E-state index is -0.334. The maximum absolute atomic E-state index is 12.0. The monoisotopic (exact) mass is 275 g/mol. The maximum atomic E-state index is 12.0. The summed E-state index contributed by atoms with van der Waals surface area (Å²) in [5, 5.41) is 5.42. The molecule has 1 aromatic rings. The number of carbonyl (C=O) groups excluding carboxylic acids is 2. The Labute approximate surface area is 119 Å². The third-order valence-corrected chi connectivity index (χ3v) is 3.04. The maximum Gasteiger partial charge on any atom is 0.253 e. The van der Waals surface area contributed by atoms with Gasteiger partial charge in [0.05, 0.1) is 17.2 Å². The van der Waals surface area contributed by atoms with Gasteiger partial charge in [-0.3, -0.25) is 9.59 Å². The Hall–Kier alpha value is -2.14. The SMILES string of the molecule is C=CCNC(=O)c1ccccc1NC(=O)C(C)C(C)N. The van der Waals surface area contributed by atoms with Gasteiger partial charge in [-0.2, -0.15) is 0 Å². The Morgan fingerprint density at radius 3 is 2.60 bits per heavy atom. The van der Waals surface area contributed by atoms with Gasteiger partial charge in [0.15, 0.2) is 0 Å². The lowest BCUT2D eigenvalue weighted by Gasteiger charge is -2.17. The van der Waals surface area contributed by atoms with Gasteiger partial charge in [0.25, 0.3) is 5.91 Å². The summed E-state index contributed by atoms with van der Waals surface area (Å²) in [6, 6.07) is 6.60. The van der Waals surface area contributed by atoms with E-state index in [9.17, 15) is 9.59 Å². The van der Waals surface area contributed by atoms with Gasteiger partial charge in [-0.1, -0.05) is 25.1 Å². The predicted molar refractivity (Wildman–Crippen MR) is 80.4 cm³/mol. The molecule has 2 unspecified atom stereocenters. The molecule has 1 aromatic carbocycles. The predicted octanol–water partition coefficient (Wildman–Crippen LogP) is 1.52. The highest BCUT2D eigenvalue weighted by Crippen LogP contribution is 2.16. The second-order valence-electron chi connectivity index (χ2n) is 4.68. The second kappa shape index (κ2) is 7.45. The first-order valence-corrected chi connectivity index (χ1v) is 6.52. The van der Waals surface area contributed by atoms with Crippen LogP contribution in [0.5, 0.6) is 0 Å². The molecule has 0 bridgehead atoms. The summed E-state index contributed by atoms with van der Waals surface area (Å²) in [5.41, 5.74) is 6.60. The van der Waals surface area contributed by atoms with Crippen LogP contribution in [0.3, 0.4) is 0 Å². The molecule has 0 heterocycles. The second-order valence-corrected chi connectivity index (χ2v) is 4.68. The number of benzene rings is 1. The number of nitrogens with two attached hydrogens (primary N) is 1. The van der Waals surface area contributed by atoms with E-state index in [2.05, 4.69) is 17.2 Å². The Bertz CT molecular complexity index is 498. The summed E-state index contributed by atoms with van der Waals surface area (Å²) >= 11 is 0. The van der Waals surface area contributed by atoms with Crippen molar-refractivity contribution in [1.82, 2.24) is 5.32 Å². The quantitative estimate of drug-likeness (QED) is 0.688. The zero-order valence-electron chi connectivity index (χ0n) is 11.8. The molecule has 5 nitrogen and oxygen atoms in total. The van der Waals surface area contributed by atoms with E-state index in [-0.39, 0.29) is 23.8 Å². The van der Waals surface area contributed by atoms with E-state index in [1.54, 1.807) is 44.2 Å². The fourth-order valence-corrected chi connectivity index (χ4v) is 1.54. The minimum Gasteiger partial charge on any atom is -0.349 e. The first kappa shape index (κ1) is 15.9. The molecule has 4 N–H and O–H groups in total. The molecule has 2 atom stereocenters. The fraction of sp³-hybridized carbons (Fsp3) is 0.333. The molecule has 0 spiro atoms. The van der Waals surface area contributed by atoms with Crippen LogP contribution in [0.25, 0.3) is 0 Å². The van der Waals surface area contributed by atoms with Crippen LogP contribution < -0.4 is 16.4 Å². The van der Waals surface area contributed by atoms with Crippen molar-refractivity contribution in [3.63, 3.8) is 0 Å². The van der Waals surface area contributed by atoms with Crippen molar-refractivity contribution in [3.8, 4) is 0 Å². The number of amides is 2. The van der Waals surface area contributed by atoms with Crippen LogP contribution in [0.15, 0.2) is 36.9 Å². The Morgan fingerprint density at radius 1 is 1.35 bits per heavy atom. The lowest BCUT2D eigenvalue weighted by atomic mass is 10.0. The first-order valence-electron chi connectivity index (χ1n) is 6.52. The molecule has 0 aliphatic heterocycles. The van der Waals surface area contributed by atoms with Crippen LogP contribution in [0.1, 0.15) is 24.2 Å². The van der Waals surface area contributed by atoms with E-state index < -0.39 is 0 Å². The standard InChI is InChI=1S/C15H21N3O2/c1-4-9-17-15(20)12-7-5-6-8-13(12)18-14(19)10(2)11(3)16/h4-8,10-11H,1,9,16H2,2-3H3,(H,17,20)(H,18,19). The number of hydrogen-bond acceptors (Lipinski definition) is 3. The Balaban J connectivity index is 2.88. The molecule has 0 saturated carbocycles. The van der Waals surface area contributed by atoms with Crippen LogP contribution in [0.4, 0.5) is 5.69 Å². The summed E-state index contributed by atoms with van der Waals surface area (Å²) in [7, 11) is 0. The highest BCUT2D eigenvalue weighted by Gasteiger charge is 2.19. The summed E-state index contributed by atoms with van der Waals surface area (Å²) < 4.78 is 0. The van der Waals surface area contributed by atoms with Crippen LogP contribution in [-0.4, -0.2) is 24.4 Å². The topological polar surface area (TPSA) is 84.2 Å². The summed E-state index contributed by atoms with van der Waals surface area (Å²) in [6.07, 6.45) is 1.59. The Kier molecular flexibility index (Phi) is 5.93. The van der Waals surface area contributed by atoms with Crippen molar-refractivity contribution < 1.29 is 9.59 Å². The molecular formula is C15H21N3O2. The van der Waals surface area contributed by atoms with Crippen molar-refractivity contribution >= 4 is 17.5 Å². The highest BCUT2D eigenvalue weighted by atomic mass is 16.2. The minimum absolute atomic E-state index is 0.205. The summed E-state index contributed by atoms with van der Waals surface area (Å²) in [4.78, 5) is 24.0. The summed E-state index contributed by atoms with van der Waals surface area (Å²) in [6.45, 7) is 7.43. The van der Waals surface area contributed by atoms with Gasteiger partial charge in [0.1, 0.15) is 0 Å². The van der Waals surface area contributed by atoms with Crippen LogP contribution in [0.2, 0.25) is 0 Å². The van der Waals surface area contributed by atoms with Gasteiger partial charge in [-0.25, -0.2) is 0 Å². The van der Waals surface area contributed by atoms with Gasteiger partial charge in [0, 0.05) is 12.6 Å². The molecule has 20 heavy (non-hydrogen) atoms. The largest absolute Gasteiger partial charge is 0.349 e. The molecule has 1 rings (SSSR count). The number of anilines is 1. The molecule has 0 radical (unpaired) electrons. The number of nitrogens with one attached hydrogen (secondary N) is 2. The van der Waals surface area contributed by atoms with Gasteiger partial charge < -0.3 is 16.4 Å². The van der Waals surface area contributed by atoms with Crippen molar-refractivity contribution in [2.75, 3.05) is 11.9 Å². The van der Waals surface area contributed by atoms with Gasteiger partial charge >= 0.3 is 0 Å². The average molecular weight is 275 g/mol. The van der Waals surface area contributed by atoms with Gasteiger partial charge in [-0.15, -0.1) is 6.58 Å². The molecule has 0 saturated heterocycles. The van der Waals surface area contributed by atoms with E-state index >= 15 is 0 Å². The third-order valence-electron chi connectivity index (χ3n) is 3.04. The zero-order valence-corrected chi connectivity index (χ0v) is 11.8. The van der Waals surface area contributed by atoms with E-state index in [4.69, 9.17) is 5.73 Å². The molecule has 0 fully saturated rings. The Morgan fingerprint density at radius 2 is 2.00 bits per heavy atom. The highest BCUT2D eigenvalue weighted by molar-refractivity contribution is 6.04. The molecular weight excluding hydrogens is 254 g/mol. The number of rotatable bonds is 6. The van der Waals surface area contributed by atoms with Crippen LogP contribution in [-0.2, 0) is 4.79 Å². The number of para-hydroxylation sites is 1. The number of carbonyl (C=O) groups is 2. The molecule has 5 heteroatoms. The van der Waals surface area contributed by atoms with Gasteiger partial charge in [-0.05, 0) is 19.1 Å². The van der Waals surface area contributed by atoms with Crippen molar-refractivity contribution in [3.05, 3.63) is 42.5 Å². The zero-order chi connectivity index (χ0) is 15.1. The van der Waals surface area contributed by atoms with Crippen molar-refractivity contribution in [1.29, 1.82) is 0 Å². The van der Waals surface area contributed by atoms with Gasteiger partial charge in [0.2, 0.25) is 5.91 Å².